The smallest absolute Gasteiger partial charge is 0.339 e. The van der Waals surface area contributed by atoms with Gasteiger partial charge in [0.2, 0.25) is 0 Å². The standard InChI is InChI=1S/C24H19FO4/c25-19-8-6-17(7-9-19)12-13-27-20-10-11-21-22(15-24(26)29-23(21)14-20)28-16-18-4-2-1-3-5-18/h1-11,14-15H,12-13,16H2. The lowest BCUT2D eigenvalue weighted by Crippen LogP contribution is -2.03. The molecule has 3 aromatic carbocycles. The lowest BCUT2D eigenvalue weighted by Gasteiger charge is -2.10. The number of halogens is 1. The quantitative estimate of drug-likeness (QED) is 0.410. The van der Waals surface area contributed by atoms with Crippen LogP contribution in [0.4, 0.5) is 4.39 Å². The fraction of sp³-hybridized carbons (Fsp3) is 0.125. The predicted octanol–water partition coefficient (Wildman–Crippen LogP) is 5.13. The highest BCUT2D eigenvalue weighted by Gasteiger charge is 2.09. The zero-order chi connectivity index (χ0) is 20.1. The minimum atomic E-state index is -0.482. The zero-order valence-electron chi connectivity index (χ0n) is 15.6. The first-order valence-corrected chi connectivity index (χ1v) is 9.29. The van der Waals surface area contributed by atoms with E-state index in [-0.39, 0.29) is 5.82 Å². The number of ether oxygens (including phenoxy) is 2. The van der Waals surface area contributed by atoms with Gasteiger partial charge in [-0.05, 0) is 35.4 Å². The molecular weight excluding hydrogens is 371 g/mol. The molecule has 5 heteroatoms. The van der Waals surface area contributed by atoms with Crippen LogP contribution in [0.5, 0.6) is 11.5 Å². The molecule has 0 amide bonds. The van der Waals surface area contributed by atoms with E-state index in [1.54, 1.807) is 18.2 Å². The highest BCUT2D eigenvalue weighted by atomic mass is 19.1. The van der Waals surface area contributed by atoms with E-state index in [2.05, 4.69) is 0 Å². The van der Waals surface area contributed by atoms with Crippen molar-refractivity contribution >= 4 is 11.0 Å². The zero-order valence-corrected chi connectivity index (χ0v) is 15.6. The molecule has 0 aliphatic carbocycles. The molecule has 4 rings (SSSR count). The molecule has 0 spiro atoms. The van der Waals surface area contributed by atoms with Crippen molar-refractivity contribution in [3.8, 4) is 11.5 Å². The van der Waals surface area contributed by atoms with E-state index in [9.17, 15) is 9.18 Å². The predicted molar refractivity (Wildman–Crippen MR) is 109 cm³/mol. The van der Waals surface area contributed by atoms with Gasteiger partial charge in [0.25, 0.3) is 0 Å². The van der Waals surface area contributed by atoms with Crippen molar-refractivity contribution < 1.29 is 18.3 Å². The number of fused-ring (bicyclic) bond motifs is 1. The summed E-state index contributed by atoms with van der Waals surface area (Å²) in [5.41, 5.74) is 1.91. The van der Waals surface area contributed by atoms with Crippen LogP contribution in [0.25, 0.3) is 11.0 Å². The Balaban J connectivity index is 1.47. The topological polar surface area (TPSA) is 48.7 Å². The average molecular weight is 390 g/mol. The van der Waals surface area contributed by atoms with Crippen molar-refractivity contribution in [2.45, 2.75) is 13.0 Å². The Morgan fingerprint density at radius 3 is 2.41 bits per heavy atom. The molecule has 0 aliphatic heterocycles. The maximum absolute atomic E-state index is 13.0. The van der Waals surface area contributed by atoms with Crippen LogP contribution in [-0.2, 0) is 13.0 Å². The van der Waals surface area contributed by atoms with Gasteiger partial charge in [0.15, 0.2) is 0 Å². The van der Waals surface area contributed by atoms with Crippen LogP contribution < -0.4 is 15.1 Å². The van der Waals surface area contributed by atoms with Gasteiger partial charge in [-0.1, -0.05) is 42.5 Å². The summed E-state index contributed by atoms with van der Waals surface area (Å²) in [4.78, 5) is 11.9. The van der Waals surface area contributed by atoms with Crippen LogP contribution in [0.15, 0.2) is 88.1 Å². The van der Waals surface area contributed by atoms with E-state index < -0.39 is 5.63 Å². The van der Waals surface area contributed by atoms with E-state index in [4.69, 9.17) is 13.9 Å². The van der Waals surface area contributed by atoms with Crippen molar-refractivity contribution in [1.82, 2.24) is 0 Å². The van der Waals surface area contributed by atoms with Crippen LogP contribution in [0.3, 0.4) is 0 Å². The molecule has 4 aromatic rings. The Bertz CT molecular complexity index is 1150. The molecule has 0 fully saturated rings. The Morgan fingerprint density at radius 2 is 1.62 bits per heavy atom. The number of benzene rings is 3. The summed E-state index contributed by atoms with van der Waals surface area (Å²) in [7, 11) is 0. The third kappa shape index (κ3) is 4.82. The summed E-state index contributed by atoms with van der Waals surface area (Å²) >= 11 is 0. The summed E-state index contributed by atoms with van der Waals surface area (Å²) in [6.07, 6.45) is 0.641. The fourth-order valence-corrected chi connectivity index (χ4v) is 3.00. The number of rotatable bonds is 7. The molecule has 0 aliphatic rings. The van der Waals surface area contributed by atoms with E-state index in [0.717, 1.165) is 11.1 Å². The van der Waals surface area contributed by atoms with Gasteiger partial charge >= 0.3 is 5.63 Å². The van der Waals surface area contributed by atoms with Crippen LogP contribution in [0, 0.1) is 5.82 Å². The second kappa shape index (κ2) is 8.61. The van der Waals surface area contributed by atoms with Gasteiger partial charge in [-0.2, -0.15) is 0 Å². The third-order valence-corrected chi connectivity index (χ3v) is 4.49. The van der Waals surface area contributed by atoms with Gasteiger partial charge in [-0.15, -0.1) is 0 Å². The molecule has 146 valence electrons. The average Bonchev–Trinajstić information content (AvgIpc) is 2.74. The van der Waals surface area contributed by atoms with Gasteiger partial charge < -0.3 is 13.9 Å². The van der Waals surface area contributed by atoms with Gasteiger partial charge in [0, 0.05) is 12.5 Å². The molecular formula is C24H19FO4. The molecule has 0 bridgehead atoms. The second-order valence-corrected chi connectivity index (χ2v) is 6.59. The Kier molecular flexibility index (Phi) is 5.56. The van der Waals surface area contributed by atoms with Crippen LogP contribution >= 0.6 is 0 Å². The van der Waals surface area contributed by atoms with E-state index >= 15 is 0 Å². The molecule has 1 aromatic heterocycles. The lowest BCUT2D eigenvalue weighted by atomic mass is 10.1. The van der Waals surface area contributed by atoms with Crippen LogP contribution in [0.2, 0.25) is 0 Å². The molecule has 0 saturated carbocycles. The number of hydrogen-bond donors (Lipinski definition) is 0. The first-order chi connectivity index (χ1) is 14.2. The van der Waals surface area contributed by atoms with Crippen molar-refractivity contribution in [2.75, 3.05) is 6.61 Å². The second-order valence-electron chi connectivity index (χ2n) is 6.59. The summed E-state index contributed by atoms with van der Waals surface area (Å²) in [5.74, 6) is 0.797. The Morgan fingerprint density at radius 1 is 0.828 bits per heavy atom. The normalized spacial score (nSPS) is 10.8. The van der Waals surface area contributed by atoms with Crippen LogP contribution in [0.1, 0.15) is 11.1 Å². The summed E-state index contributed by atoms with van der Waals surface area (Å²) < 4.78 is 29.9. The molecule has 0 atom stereocenters. The van der Waals surface area contributed by atoms with Gasteiger partial charge in [0.1, 0.15) is 29.5 Å². The molecule has 0 unspecified atom stereocenters. The number of hydrogen-bond acceptors (Lipinski definition) is 4. The minimum absolute atomic E-state index is 0.260. The molecule has 0 radical (unpaired) electrons. The van der Waals surface area contributed by atoms with Gasteiger partial charge in [-0.3, -0.25) is 0 Å². The molecule has 29 heavy (non-hydrogen) atoms. The summed E-state index contributed by atoms with van der Waals surface area (Å²) in [6.45, 7) is 0.779. The van der Waals surface area contributed by atoms with Crippen molar-refractivity contribution in [1.29, 1.82) is 0 Å². The first-order valence-electron chi connectivity index (χ1n) is 9.29. The van der Waals surface area contributed by atoms with Crippen molar-refractivity contribution in [2.24, 2.45) is 0 Å². The van der Waals surface area contributed by atoms with E-state index in [0.29, 0.717) is 42.1 Å². The largest absolute Gasteiger partial charge is 0.493 e. The highest BCUT2D eigenvalue weighted by molar-refractivity contribution is 5.84. The SMILES string of the molecule is O=c1cc(OCc2ccccc2)c2ccc(OCCc3ccc(F)cc3)cc2o1. The van der Waals surface area contributed by atoms with Gasteiger partial charge in [-0.25, -0.2) is 9.18 Å². The Hall–Kier alpha value is -3.60. The van der Waals surface area contributed by atoms with Crippen molar-refractivity contribution in [3.05, 3.63) is 106 Å². The molecule has 4 nitrogen and oxygen atoms in total. The molecule has 0 N–H and O–H groups in total. The fourth-order valence-electron chi connectivity index (χ4n) is 3.00. The van der Waals surface area contributed by atoms with Crippen LogP contribution in [-0.4, -0.2) is 6.61 Å². The minimum Gasteiger partial charge on any atom is -0.493 e. The molecule has 0 saturated heterocycles. The molecule has 1 heterocycles. The van der Waals surface area contributed by atoms with Gasteiger partial charge in [0.05, 0.1) is 18.1 Å². The first kappa shape index (κ1) is 18.7. The maximum Gasteiger partial charge on any atom is 0.339 e. The van der Waals surface area contributed by atoms with E-state index in [1.807, 2.05) is 42.5 Å². The highest BCUT2D eigenvalue weighted by Crippen LogP contribution is 2.28. The lowest BCUT2D eigenvalue weighted by molar-refractivity contribution is 0.307. The monoisotopic (exact) mass is 390 g/mol. The van der Waals surface area contributed by atoms with Crippen molar-refractivity contribution in [3.63, 3.8) is 0 Å². The summed E-state index contributed by atoms with van der Waals surface area (Å²) in [6, 6.07) is 22.7. The summed E-state index contributed by atoms with van der Waals surface area (Å²) in [5, 5.41) is 0.700. The van der Waals surface area contributed by atoms with E-state index in [1.165, 1.54) is 18.2 Å². The Labute approximate surface area is 167 Å². The third-order valence-electron chi connectivity index (χ3n) is 4.49. The maximum atomic E-state index is 13.0.